The van der Waals surface area contributed by atoms with Gasteiger partial charge in [-0.3, -0.25) is 29.5 Å². The number of hydrogen-bond acceptors (Lipinski definition) is 17. The second-order valence-electron chi connectivity index (χ2n) is 16.8. The van der Waals surface area contributed by atoms with Gasteiger partial charge in [-0.1, -0.05) is 6.07 Å². The van der Waals surface area contributed by atoms with Gasteiger partial charge in [0.05, 0.1) is 32.3 Å². The number of aryl methyl sites for hydroxylation is 1. The van der Waals surface area contributed by atoms with Crippen molar-refractivity contribution in [3.63, 3.8) is 0 Å². The summed E-state index contributed by atoms with van der Waals surface area (Å²) in [7, 11) is 5.00. The Balaban J connectivity index is 1.27. The Kier molecular flexibility index (Phi) is 10.4. The standard InChI is InChI=1S/C43H51N3O13S/c1-18-11-24-12-26-41(50)46-27-15-54-42(51)43(25-14-28(52-7)29(57-20(3)47)13-23(25)9-10-44-43)16-60-40(32-31(27)38-37(55-17-56-38)19(2)36(32)58-21(4)48)34(46)33(45(26)6)30(24)39(35(18)53-8)59-22(5)49/h11,13-14,26-27,31-34,36,38,40-41,44,50H,9-10,12,15-17H2,1-8H3/t26-,27-,31?,32?,33+,34?,36?,38?,40+,41-,43+/m0/s1. The summed E-state index contributed by atoms with van der Waals surface area (Å²) >= 11 is 1.54. The monoisotopic (exact) mass is 849 g/mol. The van der Waals surface area contributed by atoms with Crippen LogP contribution in [0, 0.1) is 18.8 Å². The van der Waals surface area contributed by atoms with Crippen molar-refractivity contribution in [1.82, 2.24) is 15.1 Å². The number of benzene rings is 2. The maximum Gasteiger partial charge on any atom is 0.331 e. The van der Waals surface area contributed by atoms with Gasteiger partial charge in [0, 0.05) is 67.3 Å². The minimum atomic E-state index is -1.39. The molecule has 0 amide bonds. The summed E-state index contributed by atoms with van der Waals surface area (Å²) in [5.74, 6) is -0.831. The highest BCUT2D eigenvalue weighted by atomic mass is 32.2. The van der Waals surface area contributed by atoms with Crippen LogP contribution in [0.15, 0.2) is 29.5 Å². The summed E-state index contributed by atoms with van der Waals surface area (Å²) < 4.78 is 48.6. The third-order valence-electron chi connectivity index (χ3n) is 13.7. The van der Waals surface area contributed by atoms with Crippen molar-refractivity contribution in [2.45, 2.75) is 101 Å². The fourth-order valence-corrected chi connectivity index (χ4v) is 13.3. The minimum absolute atomic E-state index is 0.00309. The summed E-state index contributed by atoms with van der Waals surface area (Å²) in [6.07, 6.45) is -1.38. The molecule has 0 aromatic heterocycles. The van der Waals surface area contributed by atoms with Gasteiger partial charge in [-0.15, -0.1) is 0 Å². The average Bonchev–Trinajstić information content (AvgIpc) is 3.69. The third-order valence-corrected chi connectivity index (χ3v) is 15.2. The number of fused-ring (bicyclic) bond motifs is 9. The molecular formula is C43H51N3O13S. The van der Waals surface area contributed by atoms with Crippen LogP contribution in [0.3, 0.4) is 0 Å². The summed E-state index contributed by atoms with van der Waals surface area (Å²) in [6.45, 7) is 8.16. The van der Waals surface area contributed by atoms with Gasteiger partial charge in [0.1, 0.15) is 30.8 Å². The molecule has 8 aliphatic rings. The Hall–Kier alpha value is -4.39. The van der Waals surface area contributed by atoms with E-state index in [4.69, 9.17) is 37.9 Å². The molecule has 16 nitrogen and oxygen atoms in total. The van der Waals surface area contributed by atoms with Crippen LogP contribution in [0.2, 0.25) is 0 Å². The quantitative estimate of drug-likeness (QED) is 0.331. The van der Waals surface area contributed by atoms with E-state index in [2.05, 4.69) is 15.1 Å². The lowest BCUT2D eigenvalue weighted by atomic mass is 9.62. The van der Waals surface area contributed by atoms with Crippen LogP contribution in [0.25, 0.3) is 0 Å². The summed E-state index contributed by atoms with van der Waals surface area (Å²) in [4.78, 5) is 57.3. The van der Waals surface area contributed by atoms with Crippen LogP contribution >= 0.6 is 11.8 Å². The maximum atomic E-state index is 15.0. The lowest BCUT2D eigenvalue weighted by Crippen LogP contribution is -2.78. The zero-order valence-electron chi connectivity index (χ0n) is 34.9. The second kappa shape index (κ2) is 15.2. The largest absolute Gasteiger partial charge is 0.493 e. The summed E-state index contributed by atoms with van der Waals surface area (Å²) in [5.41, 5.74) is 3.28. The number of likely N-dealkylation sites (N-methyl/N-ethyl adjacent to an activating group) is 1. The van der Waals surface area contributed by atoms with Crippen LogP contribution < -0.4 is 24.3 Å². The van der Waals surface area contributed by atoms with E-state index in [9.17, 15) is 24.3 Å². The van der Waals surface area contributed by atoms with Gasteiger partial charge in [0.15, 0.2) is 35.3 Å². The Labute approximate surface area is 352 Å². The number of carbonyl (C=O) groups excluding carboxylic acids is 4. The first-order valence-electron chi connectivity index (χ1n) is 20.3. The topological polar surface area (TPSA) is 181 Å². The fraction of sp³-hybridized carbons (Fsp3) is 0.581. The molecule has 2 aromatic carbocycles. The highest BCUT2D eigenvalue weighted by Gasteiger charge is 2.67. The van der Waals surface area contributed by atoms with Crippen molar-refractivity contribution >= 4 is 35.6 Å². The van der Waals surface area contributed by atoms with Crippen molar-refractivity contribution < 1.29 is 62.2 Å². The molecule has 322 valence electrons. The molecule has 2 aromatic rings. The maximum absolute atomic E-state index is 15.0. The number of methoxy groups -OCH3 is 2. The number of aliphatic hydroxyl groups excluding tert-OH is 1. The van der Waals surface area contributed by atoms with Crippen molar-refractivity contribution in [3.8, 4) is 23.0 Å². The average molecular weight is 850 g/mol. The fourth-order valence-electron chi connectivity index (χ4n) is 11.5. The van der Waals surface area contributed by atoms with Crippen LogP contribution in [-0.4, -0.2) is 128 Å². The number of piperidine rings is 1. The molecule has 11 atom stereocenters. The van der Waals surface area contributed by atoms with E-state index >= 15 is 0 Å². The highest BCUT2D eigenvalue weighted by molar-refractivity contribution is 8.00. The van der Waals surface area contributed by atoms with Crippen molar-refractivity contribution in [3.05, 3.63) is 57.3 Å². The Morgan fingerprint density at radius 2 is 1.70 bits per heavy atom. The summed E-state index contributed by atoms with van der Waals surface area (Å²) in [5, 5.41) is 15.8. The van der Waals surface area contributed by atoms with Gasteiger partial charge in [-0.25, -0.2) is 4.79 Å². The van der Waals surface area contributed by atoms with E-state index in [1.54, 1.807) is 19.2 Å². The second-order valence-corrected chi connectivity index (χ2v) is 18.0. The van der Waals surface area contributed by atoms with Gasteiger partial charge in [-0.05, 0) is 68.1 Å². The van der Waals surface area contributed by atoms with Crippen LogP contribution in [0.5, 0.6) is 23.0 Å². The first-order valence-corrected chi connectivity index (χ1v) is 21.4. The number of aliphatic hydroxyl groups is 1. The molecule has 7 aliphatic heterocycles. The van der Waals surface area contributed by atoms with Crippen LogP contribution in [0.4, 0.5) is 0 Å². The molecule has 0 radical (unpaired) electrons. The molecule has 60 heavy (non-hydrogen) atoms. The molecule has 1 spiro atoms. The van der Waals surface area contributed by atoms with E-state index in [0.717, 1.165) is 27.8 Å². The molecule has 4 bridgehead atoms. The van der Waals surface area contributed by atoms with Crippen molar-refractivity contribution in [2.24, 2.45) is 11.8 Å². The first-order chi connectivity index (χ1) is 28.7. The predicted octanol–water partition coefficient (Wildman–Crippen LogP) is 2.67. The Bertz CT molecular complexity index is 2200. The number of carbonyl (C=O) groups is 4. The number of esters is 4. The zero-order valence-corrected chi connectivity index (χ0v) is 35.7. The molecule has 2 N–H and O–H groups in total. The molecule has 0 saturated carbocycles. The van der Waals surface area contributed by atoms with Crippen LogP contribution in [0.1, 0.15) is 61.6 Å². The molecule has 5 unspecified atom stereocenters. The number of nitrogens with one attached hydrogen (secondary N) is 1. The van der Waals surface area contributed by atoms with E-state index in [1.165, 1.54) is 39.6 Å². The van der Waals surface area contributed by atoms with Gasteiger partial charge in [0.2, 0.25) is 0 Å². The van der Waals surface area contributed by atoms with Crippen molar-refractivity contribution in [2.75, 3.05) is 47.0 Å². The molecule has 5 fully saturated rings. The zero-order chi connectivity index (χ0) is 42.5. The molecular weight excluding hydrogens is 799 g/mol. The number of thioether (sulfide) groups is 1. The molecule has 17 heteroatoms. The van der Waals surface area contributed by atoms with E-state index < -0.39 is 89.1 Å². The van der Waals surface area contributed by atoms with Gasteiger partial charge in [0.25, 0.3) is 0 Å². The Morgan fingerprint density at radius 1 is 0.933 bits per heavy atom. The van der Waals surface area contributed by atoms with Gasteiger partial charge < -0.3 is 43.0 Å². The Morgan fingerprint density at radius 3 is 2.40 bits per heavy atom. The van der Waals surface area contributed by atoms with E-state index in [0.29, 0.717) is 42.2 Å². The lowest BCUT2D eigenvalue weighted by molar-refractivity contribution is -0.224. The van der Waals surface area contributed by atoms with E-state index in [-0.39, 0.29) is 30.7 Å². The normalized spacial score (nSPS) is 34.2. The van der Waals surface area contributed by atoms with Crippen LogP contribution in [-0.2, 0) is 56.5 Å². The van der Waals surface area contributed by atoms with E-state index in [1.807, 2.05) is 27.0 Å². The number of rotatable bonds is 5. The number of piperazine rings is 1. The first kappa shape index (κ1) is 41.0. The van der Waals surface area contributed by atoms with Gasteiger partial charge >= 0.3 is 23.9 Å². The number of nitrogens with zero attached hydrogens (tertiary/aromatic N) is 2. The van der Waals surface area contributed by atoms with Gasteiger partial charge in [-0.2, -0.15) is 11.8 Å². The highest BCUT2D eigenvalue weighted by Crippen LogP contribution is 2.60. The smallest absolute Gasteiger partial charge is 0.331 e. The molecule has 1 aliphatic carbocycles. The molecule has 7 heterocycles. The minimum Gasteiger partial charge on any atom is -0.493 e. The number of hydrogen-bond donors (Lipinski definition) is 2. The molecule has 5 saturated heterocycles. The number of ether oxygens (including phenoxy) is 8. The summed E-state index contributed by atoms with van der Waals surface area (Å²) in [6, 6.07) is 3.46. The predicted molar refractivity (Wildman–Crippen MR) is 213 cm³/mol. The SMILES string of the molecule is COc1cc2c(cc1OC(C)=O)CCN[C@]21CS[C@@H]2C3C(OC(C)=O)C(C)=C4OCOC4C3[C@H](COC1=O)N1C2[C@H]2c3c(cc(C)c(OC)c3OC(C)=O)C[C@@H]([C@@H]1O)N2C. The van der Waals surface area contributed by atoms with Crippen molar-refractivity contribution in [1.29, 1.82) is 0 Å². The lowest BCUT2D eigenvalue weighted by Gasteiger charge is -2.66. The third kappa shape index (κ3) is 6.13. The molecule has 10 rings (SSSR count).